The molecular weight excluding hydrogens is 322 g/mol. The Morgan fingerprint density at radius 1 is 0.500 bits per heavy atom. The first-order valence-corrected chi connectivity index (χ1v) is 4.36. The smallest absolute Gasteiger partial charge is 0.248 e. The standard InChI is InChI=1S/C7H6F10O3/c1-3(8,9)18-5(12,13)6(14,15)20-7(16,17)19-4(2,10)11/h1-2H3. The summed E-state index contributed by atoms with van der Waals surface area (Å²) >= 11 is 0. The van der Waals surface area contributed by atoms with Crippen LogP contribution in [0.5, 0.6) is 0 Å². The van der Waals surface area contributed by atoms with Gasteiger partial charge in [0.15, 0.2) is 0 Å². The fourth-order valence-corrected chi connectivity index (χ4v) is 0.723. The Balaban J connectivity index is 5.05. The van der Waals surface area contributed by atoms with Gasteiger partial charge in [0.05, 0.1) is 0 Å². The van der Waals surface area contributed by atoms with Crippen LogP contribution in [0.1, 0.15) is 13.8 Å². The van der Waals surface area contributed by atoms with Gasteiger partial charge in [-0.2, -0.15) is 35.1 Å². The van der Waals surface area contributed by atoms with Crippen molar-refractivity contribution in [2.24, 2.45) is 0 Å². The molecule has 0 aromatic heterocycles. The number of halogens is 10. The molecular formula is C7H6F10O3. The van der Waals surface area contributed by atoms with E-state index in [0.29, 0.717) is 0 Å². The van der Waals surface area contributed by atoms with E-state index in [1.165, 1.54) is 0 Å². The zero-order valence-electron chi connectivity index (χ0n) is 9.50. The highest BCUT2D eigenvalue weighted by Crippen LogP contribution is 2.44. The van der Waals surface area contributed by atoms with Crippen molar-refractivity contribution in [1.82, 2.24) is 0 Å². The molecule has 20 heavy (non-hydrogen) atoms. The number of alkyl halides is 10. The molecule has 13 heteroatoms. The quantitative estimate of drug-likeness (QED) is 0.522. The molecule has 0 radical (unpaired) electrons. The molecule has 0 fully saturated rings. The van der Waals surface area contributed by atoms with Crippen LogP contribution in [0.3, 0.4) is 0 Å². The maximum absolute atomic E-state index is 12.6. The van der Waals surface area contributed by atoms with Gasteiger partial charge in [0.25, 0.3) is 0 Å². The lowest BCUT2D eigenvalue weighted by atomic mass is 10.5. The fourth-order valence-electron chi connectivity index (χ4n) is 0.723. The lowest BCUT2D eigenvalue weighted by molar-refractivity contribution is -0.563. The summed E-state index contributed by atoms with van der Waals surface area (Å²) in [5, 5.41) is 0. The zero-order valence-corrected chi connectivity index (χ0v) is 9.50. The zero-order chi connectivity index (χ0) is 16.6. The van der Waals surface area contributed by atoms with Gasteiger partial charge in [-0.25, -0.2) is 14.2 Å². The van der Waals surface area contributed by atoms with Crippen molar-refractivity contribution in [1.29, 1.82) is 0 Å². The lowest BCUT2D eigenvalue weighted by Crippen LogP contribution is -2.52. The molecule has 0 saturated heterocycles. The van der Waals surface area contributed by atoms with E-state index in [1.54, 1.807) is 0 Å². The highest BCUT2D eigenvalue weighted by atomic mass is 19.3. The summed E-state index contributed by atoms with van der Waals surface area (Å²) in [5.41, 5.74) is 0. The van der Waals surface area contributed by atoms with Crippen LogP contribution in [0.4, 0.5) is 43.9 Å². The predicted octanol–water partition coefficient (Wildman–Crippen LogP) is 4.00. The van der Waals surface area contributed by atoms with E-state index in [2.05, 4.69) is 9.47 Å². The second-order valence-electron chi connectivity index (χ2n) is 3.42. The van der Waals surface area contributed by atoms with E-state index in [1.807, 2.05) is 4.74 Å². The first-order chi connectivity index (χ1) is 8.37. The van der Waals surface area contributed by atoms with E-state index in [4.69, 9.17) is 0 Å². The van der Waals surface area contributed by atoms with Gasteiger partial charge in [-0.3, -0.25) is 0 Å². The van der Waals surface area contributed by atoms with Gasteiger partial charge in [0, 0.05) is 13.8 Å². The minimum Gasteiger partial charge on any atom is -0.248 e. The largest absolute Gasteiger partial charge is 0.495 e. The van der Waals surface area contributed by atoms with Crippen molar-refractivity contribution < 1.29 is 58.1 Å². The molecule has 0 spiro atoms. The summed E-state index contributed by atoms with van der Waals surface area (Å²) in [6.07, 6.45) is -28.1. The molecule has 0 atom stereocenters. The Morgan fingerprint density at radius 2 is 0.800 bits per heavy atom. The van der Waals surface area contributed by atoms with Gasteiger partial charge in [0.1, 0.15) is 0 Å². The van der Waals surface area contributed by atoms with Crippen molar-refractivity contribution >= 4 is 0 Å². The van der Waals surface area contributed by atoms with Crippen molar-refractivity contribution in [3.05, 3.63) is 0 Å². The Bertz CT molecular complexity index is 331. The molecule has 0 saturated carbocycles. The summed E-state index contributed by atoms with van der Waals surface area (Å²) < 4.78 is 130. The van der Waals surface area contributed by atoms with Gasteiger partial charge in [-0.1, -0.05) is 0 Å². The maximum atomic E-state index is 12.6. The van der Waals surface area contributed by atoms with Crippen LogP contribution in [0.15, 0.2) is 0 Å². The van der Waals surface area contributed by atoms with Crippen LogP contribution in [0, 0.1) is 0 Å². The number of hydrogen-bond donors (Lipinski definition) is 0. The molecule has 0 N–H and O–H groups in total. The molecule has 0 heterocycles. The molecule has 0 amide bonds. The molecule has 122 valence electrons. The summed E-state index contributed by atoms with van der Waals surface area (Å²) in [6.45, 7) is -0.733. The fraction of sp³-hybridized carbons (Fsp3) is 1.00. The average molecular weight is 328 g/mol. The van der Waals surface area contributed by atoms with Crippen molar-refractivity contribution in [3.8, 4) is 0 Å². The van der Waals surface area contributed by atoms with Gasteiger partial charge in [0.2, 0.25) is 0 Å². The second kappa shape index (κ2) is 5.18. The summed E-state index contributed by atoms with van der Waals surface area (Å²) in [7, 11) is 0. The summed E-state index contributed by atoms with van der Waals surface area (Å²) in [4.78, 5) is 0. The molecule has 0 aliphatic heterocycles. The molecule has 0 aromatic rings. The van der Waals surface area contributed by atoms with Crippen LogP contribution >= 0.6 is 0 Å². The third-order valence-electron chi connectivity index (χ3n) is 1.19. The average Bonchev–Trinajstić information content (AvgIpc) is 1.88. The molecule has 0 aliphatic carbocycles. The Labute approximate surface area is 104 Å². The predicted molar refractivity (Wildman–Crippen MR) is 39.3 cm³/mol. The third-order valence-corrected chi connectivity index (χ3v) is 1.19. The summed E-state index contributed by atoms with van der Waals surface area (Å²) in [6, 6.07) is 0. The normalized spacial score (nSPS) is 15.6. The van der Waals surface area contributed by atoms with Gasteiger partial charge >= 0.3 is 30.7 Å². The van der Waals surface area contributed by atoms with Crippen molar-refractivity contribution in [2.45, 2.75) is 44.6 Å². The molecule has 0 unspecified atom stereocenters. The van der Waals surface area contributed by atoms with Crippen LogP contribution < -0.4 is 0 Å². The van der Waals surface area contributed by atoms with Crippen molar-refractivity contribution in [3.63, 3.8) is 0 Å². The third kappa shape index (κ3) is 6.56. The topological polar surface area (TPSA) is 27.7 Å². The SMILES string of the molecule is CC(F)(F)OC(F)(F)OC(F)(F)C(F)(F)OC(C)(F)F. The van der Waals surface area contributed by atoms with Crippen LogP contribution in [-0.2, 0) is 14.2 Å². The first-order valence-electron chi connectivity index (χ1n) is 4.36. The first kappa shape index (κ1) is 19.2. The molecule has 0 aromatic carbocycles. The Hall–Kier alpha value is -0.820. The van der Waals surface area contributed by atoms with E-state index >= 15 is 0 Å². The number of ether oxygens (including phenoxy) is 3. The van der Waals surface area contributed by atoms with E-state index in [0.717, 1.165) is 0 Å². The minimum atomic E-state index is -6.39. The van der Waals surface area contributed by atoms with Gasteiger partial charge in [-0.15, -0.1) is 8.78 Å². The van der Waals surface area contributed by atoms with Crippen LogP contribution in [-0.4, -0.2) is 30.7 Å². The monoisotopic (exact) mass is 328 g/mol. The molecule has 0 rings (SSSR count). The Morgan fingerprint density at radius 3 is 1.10 bits per heavy atom. The highest BCUT2D eigenvalue weighted by Gasteiger charge is 2.68. The number of rotatable bonds is 7. The van der Waals surface area contributed by atoms with Crippen LogP contribution in [0.2, 0.25) is 0 Å². The van der Waals surface area contributed by atoms with Gasteiger partial charge < -0.3 is 0 Å². The highest BCUT2D eigenvalue weighted by molar-refractivity contribution is 4.69. The number of hydrogen-bond acceptors (Lipinski definition) is 3. The second-order valence-corrected chi connectivity index (χ2v) is 3.42. The van der Waals surface area contributed by atoms with Crippen LogP contribution in [0.25, 0.3) is 0 Å². The van der Waals surface area contributed by atoms with Gasteiger partial charge in [-0.05, 0) is 0 Å². The van der Waals surface area contributed by atoms with E-state index in [-0.39, 0.29) is 6.92 Å². The molecule has 0 bridgehead atoms. The lowest BCUT2D eigenvalue weighted by Gasteiger charge is -2.30. The molecule has 3 nitrogen and oxygen atoms in total. The summed E-state index contributed by atoms with van der Waals surface area (Å²) in [5.74, 6) is 0. The molecule has 0 aliphatic rings. The van der Waals surface area contributed by atoms with E-state index < -0.39 is 37.7 Å². The maximum Gasteiger partial charge on any atom is 0.495 e. The van der Waals surface area contributed by atoms with E-state index in [9.17, 15) is 43.9 Å². The Kier molecular flexibility index (Phi) is 4.97. The van der Waals surface area contributed by atoms with Crippen molar-refractivity contribution in [2.75, 3.05) is 0 Å². The minimum absolute atomic E-state index is 0.336.